The molecule has 0 bridgehead atoms. The Morgan fingerprint density at radius 2 is 1.62 bits per heavy atom. The second-order valence-corrected chi connectivity index (χ2v) is 11.3. The third-order valence-electron chi connectivity index (χ3n) is 6.40. The minimum atomic E-state index is -0.911. The number of unbranched alkanes of at least 4 members (excludes halogenated alkanes) is 3. The molecule has 2 aromatic rings. The van der Waals surface area contributed by atoms with Crippen LogP contribution < -0.4 is 10.6 Å². The van der Waals surface area contributed by atoms with Crippen LogP contribution in [-0.2, 0) is 20.9 Å². The van der Waals surface area contributed by atoms with Crippen molar-refractivity contribution in [2.24, 2.45) is 5.92 Å². The van der Waals surface area contributed by atoms with Crippen molar-refractivity contribution in [1.82, 2.24) is 15.5 Å². The minimum Gasteiger partial charge on any atom is -0.444 e. The second kappa shape index (κ2) is 15.7. The third-order valence-corrected chi connectivity index (χ3v) is 6.40. The van der Waals surface area contributed by atoms with Gasteiger partial charge in [0.2, 0.25) is 11.8 Å². The average molecular weight is 548 g/mol. The van der Waals surface area contributed by atoms with Crippen LogP contribution in [0, 0.1) is 18.3 Å². The lowest BCUT2D eigenvalue weighted by molar-refractivity contribution is -0.143. The summed E-state index contributed by atoms with van der Waals surface area (Å²) in [6.07, 6.45) is 8.60. The van der Waals surface area contributed by atoms with Gasteiger partial charge in [0.15, 0.2) is 0 Å². The van der Waals surface area contributed by atoms with E-state index in [-0.39, 0.29) is 17.7 Å². The summed E-state index contributed by atoms with van der Waals surface area (Å²) in [5.41, 5.74) is 1.56. The number of nitrogens with zero attached hydrogens (tertiary/aromatic N) is 1. The Balaban J connectivity index is 2.47. The Kier molecular flexibility index (Phi) is 12.7. The zero-order valence-electron chi connectivity index (χ0n) is 24.8. The van der Waals surface area contributed by atoms with E-state index in [2.05, 4.69) is 23.5 Å². The molecule has 2 aromatic carbocycles. The van der Waals surface area contributed by atoms with Crippen molar-refractivity contribution < 1.29 is 19.1 Å². The van der Waals surface area contributed by atoms with Crippen molar-refractivity contribution in [2.75, 3.05) is 6.54 Å². The van der Waals surface area contributed by atoms with Gasteiger partial charge in [0, 0.05) is 18.7 Å². The Bertz CT molecular complexity index is 1130. The van der Waals surface area contributed by atoms with E-state index in [0.29, 0.717) is 24.2 Å². The first-order valence-electron chi connectivity index (χ1n) is 14.1. The smallest absolute Gasteiger partial charge is 0.408 e. The van der Waals surface area contributed by atoms with Gasteiger partial charge in [0.25, 0.3) is 0 Å². The largest absolute Gasteiger partial charge is 0.444 e. The van der Waals surface area contributed by atoms with Crippen LogP contribution >= 0.6 is 0 Å². The number of amides is 3. The van der Waals surface area contributed by atoms with Gasteiger partial charge in [0.1, 0.15) is 17.7 Å². The summed E-state index contributed by atoms with van der Waals surface area (Å²) in [5.74, 6) is 1.72. The molecule has 0 aromatic heterocycles. The van der Waals surface area contributed by atoms with Crippen molar-refractivity contribution >= 4 is 17.9 Å². The van der Waals surface area contributed by atoms with E-state index in [9.17, 15) is 14.4 Å². The molecule has 40 heavy (non-hydrogen) atoms. The normalized spacial score (nSPS) is 12.7. The number of benzene rings is 2. The molecule has 2 atom stereocenters. The standard InChI is InChI=1S/C33H45N3O4/c1-8-10-11-15-22-36(31(38)28(24(3)4)35-32(39)40-33(5,6)7)29(27-20-18-25(9-2)19-21-27)30(37)34-23-26-16-13-12-14-17-26/h2,12-14,16-21,24,28-29H,8,10-11,15,22-23H2,1,3-7H3,(H,34,37)(H,35,39). The molecule has 0 aliphatic carbocycles. The number of hydrogen-bond donors (Lipinski definition) is 2. The van der Waals surface area contributed by atoms with Gasteiger partial charge in [-0.15, -0.1) is 6.42 Å². The van der Waals surface area contributed by atoms with E-state index in [1.54, 1.807) is 49.9 Å². The molecule has 7 heteroatoms. The van der Waals surface area contributed by atoms with Crippen LogP contribution in [0.15, 0.2) is 54.6 Å². The zero-order chi connectivity index (χ0) is 29.7. The maximum Gasteiger partial charge on any atom is 0.408 e. The number of carbonyl (C=O) groups excluding carboxylic acids is 3. The quantitative estimate of drug-likeness (QED) is 0.238. The number of rotatable bonds is 13. The van der Waals surface area contributed by atoms with Crippen LogP contribution in [0.3, 0.4) is 0 Å². The number of alkyl carbamates (subject to hydrolysis) is 1. The molecule has 0 heterocycles. The molecule has 0 saturated heterocycles. The molecule has 2 unspecified atom stereocenters. The first kappa shape index (κ1) is 32.4. The van der Waals surface area contributed by atoms with Crippen LogP contribution in [0.5, 0.6) is 0 Å². The van der Waals surface area contributed by atoms with Gasteiger partial charge in [-0.3, -0.25) is 9.59 Å². The maximum atomic E-state index is 14.2. The number of ether oxygens (including phenoxy) is 1. The highest BCUT2D eigenvalue weighted by molar-refractivity contribution is 5.92. The molecule has 216 valence electrons. The summed E-state index contributed by atoms with van der Waals surface area (Å²) in [5, 5.41) is 5.78. The van der Waals surface area contributed by atoms with Gasteiger partial charge in [0.05, 0.1) is 0 Å². The Morgan fingerprint density at radius 1 is 0.975 bits per heavy atom. The lowest BCUT2D eigenvalue weighted by Gasteiger charge is -2.35. The summed E-state index contributed by atoms with van der Waals surface area (Å²) in [4.78, 5) is 42.4. The van der Waals surface area contributed by atoms with E-state index in [0.717, 1.165) is 31.2 Å². The zero-order valence-corrected chi connectivity index (χ0v) is 24.8. The molecule has 2 rings (SSSR count). The van der Waals surface area contributed by atoms with E-state index in [4.69, 9.17) is 11.2 Å². The second-order valence-electron chi connectivity index (χ2n) is 11.3. The number of terminal acetylenes is 1. The summed E-state index contributed by atoms with van der Waals surface area (Å²) in [7, 11) is 0. The monoisotopic (exact) mass is 547 g/mol. The predicted octanol–water partition coefficient (Wildman–Crippen LogP) is 5.98. The molecule has 0 spiro atoms. The molecular formula is C33H45N3O4. The van der Waals surface area contributed by atoms with Gasteiger partial charge in [-0.1, -0.05) is 88.4 Å². The molecular weight excluding hydrogens is 502 g/mol. The maximum absolute atomic E-state index is 14.2. The summed E-state index contributed by atoms with van der Waals surface area (Å²) in [6, 6.07) is 14.9. The summed E-state index contributed by atoms with van der Waals surface area (Å²) < 4.78 is 5.45. The number of carbonyl (C=O) groups is 3. The number of hydrogen-bond acceptors (Lipinski definition) is 4. The van der Waals surface area contributed by atoms with Crippen molar-refractivity contribution in [3.8, 4) is 12.3 Å². The van der Waals surface area contributed by atoms with Crippen LogP contribution in [0.2, 0.25) is 0 Å². The van der Waals surface area contributed by atoms with Gasteiger partial charge in [-0.05, 0) is 56.4 Å². The first-order valence-corrected chi connectivity index (χ1v) is 14.1. The van der Waals surface area contributed by atoms with E-state index in [1.807, 2.05) is 44.2 Å². The summed E-state index contributed by atoms with van der Waals surface area (Å²) in [6.45, 7) is 11.8. The fourth-order valence-corrected chi connectivity index (χ4v) is 4.32. The van der Waals surface area contributed by atoms with E-state index >= 15 is 0 Å². The lowest BCUT2D eigenvalue weighted by atomic mass is 9.97. The summed E-state index contributed by atoms with van der Waals surface area (Å²) >= 11 is 0. The molecule has 3 amide bonds. The Hall–Kier alpha value is -3.79. The molecule has 0 radical (unpaired) electrons. The Morgan fingerprint density at radius 3 is 2.17 bits per heavy atom. The van der Waals surface area contributed by atoms with E-state index in [1.165, 1.54) is 0 Å². The van der Waals surface area contributed by atoms with Crippen LogP contribution in [0.25, 0.3) is 0 Å². The van der Waals surface area contributed by atoms with Gasteiger partial charge >= 0.3 is 6.09 Å². The lowest BCUT2D eigenvalue weighted by Crippen LogP contribution is -2.55. The van der Waals surface area contributed by atoms with E-state index < -0.39 is 23.8 Å². The van der Waals surface area contributed by atoms with Crippen molar-refractivity contribution in [2.45, 2.75) is 91.5 Å². The molecule has 0 saturated carbocycles. The fourth-order valence-electron chi connectivity index (χ4n) is 4.32. The Labute approximate surface area is 240 Å². The molecule has 0 aliphatic rings. The van der Waals surface area contributed by atoms with Crippen LogP contribution in [-0.4, -0.2) is 41.0 Å². The molecule has 2 N–H and O–H groups in total. The highest BCUT2D eigenvalue weighted by Gasteiger charge is 2.37. The highest BCUT2D eigenvalue weighted by atomic mass is 16.6. The molecule has 0 aliphatic heterocycles. The van der Waals surface area contributed by atoms with Crippen LogP contribution in [0.1, 0.15) is 90.0 Å². The predicted molar refractivity (Wildman–Crippen MR) is 159 cm³/mol. The highest BCUT2D eigenvalue weighted by Crippen LogP contribution is 2.25. The fraction of sp³-hybridized carbons (Fsp3) is 0.485. The van der Waals surface area contributed by atoms with Gasteiger partial charge in [-0.2, -0.15) is 0 Å². The van der Waals surface area contributed by atoms with Gasteiger partial charge in [-0.25, -0.2) is 4.79 Å². The van der Waals surface area contributed by atoms with Crippen LogP contribution in [0.4, 0.5) is 4.79 Å². The topological polar surface area (TPSA) is 87.7 Å². The molecule has 7 nitrogen and oxygen atoms in total. The minimum absolute atomic E-state index is 0.241. The number of nitrogens with one attached hydrogen (secondary N) is 2. The SMILES string of the molecule is C#Cc1ccc(C(C(=O)NCc2ccccc2)N(CCCCCC)C(=O)C(NC(=O)OC(C)(C)C)C(C)C)cc1. The molecule has 0 fully saturated rings. The average Bonchev–Trinajstić information content (AvgIpc) is 2.91. The first-order chi connectivity index (χ1) is 19.0. The van der Waals surface area contributed by atoms with Crippen molar-refractivity contribution in [3.05, 3.63) is 71.3 Å². The van der Waals surface area contributed by atoms with Crippen molar-refractivity contribution in [3.63, 3.8) is 0 Å². The third kappa shape index (κ3) is 10.4. The van der Waals surface area contributed by atoms with Crippen molar-refractivity contribution in [1.29, 1.82) is 0 Å². The van der Waals surface area contributed by atoms with Gasteiger partial charge < -0.3 is 20.3 Å².